The average molecular weight is 303 g/mol. The van der Waals surface area contributed by atoms with Crippen molar-refractivity contribution in [1.82, 2.24) is 15.1 Å². The standard InChI is InChI=1S/C14H17N5OS/c1-7(11-8(2)19-20-9(11)3)16-12-10-5-6-21-13(10)18-14(15-4)17-12/h5-7H,1-4H3,(H2,15,16,17,18). The Bertz CT molecular complexity index is 759. The van der Waals surface area contributed by atoms with Crippen LogP contribution in [0.3, 0.4) is 0 Å². The minimum Gasteiger partial charge on any atom is -0.363 e. The summed E-state index contributed by atoms with van der Waals surface area (Å²) in [7, 11) is 1.82. The topological polar surface area (TPSA) is 75.9 Å². The van der Waals surface area contributed by atoms with E-state index >= 15 is 0 Å². The number of hydrogen-bond acceptors (Lipinski definition) is 7. The van der Waals surface area contributed by atoms with Crippen LogP contribution in [0.15, 0.2) is 16.0 Å². The van der Waals surface area contributed by atoms with Crippen LogP contribution in [0.4, 0.5) is 11.8 Å². The Hall–Kier alpha value is -2.15. The number of hydrogen-bond donors (Lipinski definition) is 2. The molecule has 110 valence electrons. The lowest BCUT2D eigenvalue weighted by Crippen LogP contribution is -2.11. The van der Waals surface area contributed by atoms with Crippen LogP contribution in [0.25, 0.3) is 10.2 Å². The molecule has 0 aliphatic rings. The van der Waals surface area contributed by atoms with Gasteiger partial charge in [0.25, 0.3) is 0 Å². The largest absolute Gasteiger partial charge is 0.363 e. The first-order valence-corrected chi connectivity index (χ1v) is 7.60. The Morgan fingerprint density at radius 1 is 1.29 bits per heavy atom. The number of thiophene rings is 1. The first kappa shape index (κ1) is 13.8. The van der Waals surface area contributed by atoms with E-state index < -0.39 is 0 Å². The van der Waals surface area contributed by atoms with Crippen molar-refractivity contribution in [2.24, 2.45) is 0 Å². The highest BCUT2D eigenvalue weighted by Crippen LogP contribution is 2.30. The molecule has 1 unspecified atom stereocenters. The highest BCUT2D eigenvalue weighted by Gasteiger charge is 2.18. The summed E-state index contributed by atoms with van der Waals surface area (Å²) in [4.78, 5) is 9.93. The third-order valence-electron chi connectivity index (χ3n) is 3.42. The second-order valence-electron chi connectivity index (χ2n) is 4.89. The number of nitrogens with one attached hydrogen (secondary N) is 2. The van der Waals surface area contributed by atoms with Crippen LogP contribution in [-0.2, 0) is 0 Å². The summed E-state index contributed by atoms with van der Waals surface area (Å²) in [6.07, 6.45) is 0. The smallest absolute Gasteiger partial charge is 0.225 e. The van der Waals surface area contributed by atoms with Crippen LogP contribution < -0.4 is 10.6 Å². The Balaban J connectivity index is 1.99. The molecule has 0 spiro atoms. The number of aromatic nitrogens is 3. The summed E-state index contributed by atoms with van der Waals surface area (Å²) in [6.45, 7) is 5.95. The van der Waals surface area contributed by atoms with Gasteiger partial charge < -0.3 is 15.2 Å². The molecule has 21 heavy (non-hydrogen) atoms. The van der Waals surface area contributed by atoms with Gasteiger partial charge in [0.15, 0.2) is 0 Å². The van der Waals surface area contributed by atoms with Gasteiger partial charge in [0.1, 0.15) is 16.4 Å². The number of aryl methyl sites for hydroxylation is 2. The molecular weight excluding hydrogens is 286 g/mol. The molecule has 0 aromatic carbocycles. The van der Waals surface area contributed by atoms with Gasteiger partial charge in [-0.3, -0.25) is 0 Å². The summed E-state index contributed by atoms with van der Waals surface area (Å²) in [6, 6.07) is 2.08. The molecule has 0 aliphatic carbocycles. The molecule has 0 saturated carbocycles. The van der Waals surface area contributed by atoms with Crippen LogP contribution in [0.5, 0.6) is 0 Å². The van der Waals surface area contributed by atoms with E-state index in [9.17, 15) is 0 Å². The maximum absolute atomic E-state index is 5.24. The Morgan fingerprint density at radius 3 is 2.76 bits per heavy atom. The molecule has 2 N–H and O–H groups in total. The minimum absolute atomic E-state index is 0.0546. The zero-order valence-corrected chi connectivity index (χ0v) is 13.2. The van der Waals surface area contributed by atoms with E-state index in [0.29, 0.717) is 5.95 Å². The van der Waals surface area contributed by atoms with E-state index in [1.165, 1.54) is 0 Å². The number of nitrogens with zero attached hydrogens (tertiary/aromatic N) is 3. The van der Waals surface area contributed by atoms with Crippen molar-refractivity contribution < 1.29 is 4.52 Å². The zero-order chi connectivity index (χ0) is 15.0. The van der Waals surface area contributed by atoms with Gasteiger partial charge in [0, 0.05) is 12.6 Å². The fourth-order valence-corrected chi connectivity index (χ4v) is 3.23. The first-order chi connectivity index (χ1) is 10.1. The molecule has 1 atom stereocenters. The van der Waals surface area contributed by atoms with Crippen LogP contribution in [-0.4, -0.2) is 22.2 Å². The SMILES string of the molecule is CNc1nc(NC(C)c2c(C)noc2C)c2ccsc2n1. The molecular formula is C14H17N5OS. The molecule has 7 heteroatoms. The van der Waals surface area contributed by atoms with Crippen molar-refractivity contribution in [2.75, 3.05) is 17.7 Å². The van der Waals surface area contributed by atoms with Crippen LogP contribution >= 0.6 is 11.3 Å². The van der Waals surface area contributed by atoms with Crippen molar-refractivity contribution in [3.05, 3.63) is 28.5 Å². The number of fused-ring (bicyclic) bond motifs is 1. The number of rotatable bonds is 4. The summed E-state index contributed by atoms with van der Waals surface area (Å²) in [5, 5.41) is 13.5. The molecule has 3 aromatic heterocycles. The van der Waals surface area contributed by atoms with Crippen LogP contribution in [0.1, 0.15) is 30.0 Å². The van der Waals surface area contributed by atoms with E-state index in [1.807, 2.05) is 32.3 Å². The molecule has 3 aromatic rings. The van der Waals surface area contributed by atoms with Gasteiger partial charge in [-0.25, -0.2) is 4.98 Å². The third-order valence-corrected chi connectivity index (χ3v) is 4.23. The normalized spacial score (nSPS) is 12.6. The molecule has 0 amide bonds. The molecule has 0 saturated heterocycles. The summed E-state index contributed by atoms with van der Waals surface area (Å²) in [5.74, 6) is 2.26. The van der Waals surface area contributed by atoms with Gasteiger partial charge in [-0.1, -0.05) is 5.16 Å². The van der Waals surface area contributed by atoms with Gasteiger partial charge >= 0.3 is 0 Å². The lowest BCUT2D eigenvalue weighted by molar-refractivity contribution is 0.392. The van der Waals surface area contributed by atoms with Gasteiger partial charge in [0.05, 0.1) is 17.1 Å². The molecule has 0 aliphatic heterocycles. The Kier molecular flexibility index (Phi) is 3.50. The second-order valence-corrected chi connectivity index (χ2v) is 5.78. The predicted octanol–water partition coefficient (Wildman–Crippen LogP) is 3.51. The van der Waals surface area contributed by atoms with E-state index in [2.05, 4.69) is 32.7 Å². The van der Waals surface area contributed by atoms with Crippen LogP contribution in [0.2, 0.25) is 0 Å². The average Bonchev–Trinajstić information content (AvgIpc) is 3.05. The summed E-state index contributed by atoms with van der Waals surface area (Å²) >= 11 is 1.60. The van der Waals surface area contributed by atoms with Crippen molar-refractivity contribution in [2.45, 2.75) is 26.8 Å². The monoisotopic (exact) mass is 303 g/mol. The van der Waals surface area contributed by atoms with Gasteiger partial charge in [0.2, 0.25) is 5.95 Å². The Morgan fingerprint density at radius 2 is 2.10 bits per heavy atom. The van der Waals surface area contributed by atoms with E-state index in [1.54, 1.807) is 11.3 Å². The molecule has 3 heterocycles. The lowest BCUT2D eigenvalue weighted by Gasteiger charge is -2.15. The minimum atomic E-state index is 0.0546. The molecule has 0 fully saturated rings. The maximum atomic E-state index is 5.24. The van der Waals surface area contributed by atoms with Gasteiger partial charge in [-0.05, 0) is 32.2 Å². The van der Waals surface area contributed by atoms with E-state index in [-0.39, 0.29) is 6.04 Å². The molecule has 0 bridgehead atoms. The number of anilines is 2. The molecule has 3 rings (SSSR count). The Labute approximate surface area is 126 Å². The maximum Gasteiger partial charge on any atom is 0.225 e. The highest BCUT2D eigenvalue weighted by molar-refractivity contribution is 7.16. The second kappa shape index (κ2) is 5.33. The van der Waals surface area contributed by atoms with E-state index in [0.717, 1.165) is 33.1 Å². The zero-order valence-electron chi connectivity index (χ0n) is 12.4. The highest BCUT2D eigenvalue weighted by atomic mass is 32.1. The first-order valence-electron chi connectivity index (χ1n) is 6.72. The van der Waals surface area contributed by atoms with Gasteiger partial charge in [-0.2, -0.15) is 4.98 Å². The van der Waals surface area contributed by atoms with Crippen LogP contribution in [0, 0.1) is 13.8 Å². The lowest BCUT2D eigenvalue weighted by atomic mass is 10.1. The van der Waals surface area contributed by atoms with Crippen molar-refractivity contribution in [3.63, 3.8) is 0 Å². The molecule has 0 radical (unpaired) electrons. The fourth-order valence-electron chi connectivity index (χ4n) is 2.46. The van der Waals surface area contributed by atoms with Crippen molar-refractivity contribution >= 4 is 33.3 Å². The van der Waals surface area contributed by atoms with Gasteiger partial charge in [-0.15, -0.1) is 11.3 Å². The van der Waals surface area contributed by atoms with E-state index in [4.69, 9.17) is 4.52 Å². The third kappa shape index (κ3) is 2.44. The quantitative estimate of drug-likeness (QED) is 0.768. The predicted molar refractivity (Wildman–Crippen MR) is 85.0 cm³/mol. The summed E-state index contributed by atoms with van der Waals surface area (Å²) < 4.78 is 5.24. The molecule has 6 nitrogen and oxygen atoms in total. The van der Waals surface area contributed by atoms with Crippen molar-refractivity contribution in [3.8, 4) is 0 Å². The van der Waals surface area contributed by atoms with Crippen molar-refractivity contribution in [1.29, 1.82) is 0 Å². The summed E-state index contributed by atoms with van der Waals surface area (Å²) in [5.41, 5.74) is 1.97. The fraction of sp³-hybridized carbons (Fsp3) is 0.357.